The average Bonchev–Trinajstić information content (AvgIpc) is 3.47. The molecule has 0 radical (unpaired) electrons. The average molecular weight is 441 g/mol. The highest BCUT2D eigenvalue weighted by molar-refractivity contribution is 6.32. The molecule has 1 amide bonds. The van der Waals surface area contributed by atoms with E-state index in [1.165, 1.54) is 12.1 Å². The number of halogens is 4. The van der Waals surface area contributed by atoms with E-state index in [1.54, 1.807) is 18.2 Å². The van der Waals surface area contributed by atoms with Gasteiger partial charge in [-0.2, -0.15) is 0 Å². The maximum Gasteiger partial charge on any atom is 0.573 e. The van der Waals surface area contributed by atoms with Gasteiger partial charge in [0, 0.05) is 23.3 Å². The highest BCUT2D eigenvalue weighted by atomic mass is 35.5. The molecule has 1 fully saturated rings. The minimum absolute atomic E-state index is 0.193. The normalized spacial score (nSPS) is 14.6. The molecule has 1 aromatic heterocycles. The molecule has 0 spiro atoms. The summed E-state index contributed by atoms with van der Waals surface area (Å²) in [6, 6.07) is 7.43. The van der Waals surface area contributed by atoms with Gasteiger partial charge < -0.3 is 15.5 Å². The van der Waals surface area contributed by atoms with Crippen LogP contribution in [0.3, 0.4) is 0 Å². The van der Waals surface area contributed by atoms with Crippen LogP contribution in [0.25, 0.3) is 5.57 Å². The number of carbonyl (C=O) groups excluding carboxylic acids is 1. The van der Waals surface area contributed by atoms with Gasteiger partial charge in [-0.25, -0.2) is 0 Å². The first-order valence-electron chi connectivity index (χ1n) is 9.42. The van der Waals surface area contributed by atoms with Crippen molar-refractivity contribution >= 4 is 23.1 Å². The second-order valence-corrected chi connectivity index (χ2v) is 7.51. The molecule has 0 bridgehead atoms. The number of alkyl halides is 3. The van der Waals surface area contributed by atoms with Crippen LogP contribution in [0.1, 0.15) is 54.8 Å². The van der Waals surface area contributed by atoms with Gasteiger partial charge in [-0.15, -0.1) is 13.2 Å². The van der Waals surface area contributed by atoms with Crippen LogP contribution in [0.5, 0.6) is 5.75 Å². The number of allylic oxidation sites excluding steroid dienone is 1. The molecule has 0 unspecified atom stereocenters. The second kappa shape index (κ2) is 8.95. The van der Waals surface area contributed by atoms with Gasteiger partial charge in [0.15, 0.2) is 0 Å². The van der Waals surface area contributed by atoms with Crippen molar-refractivity contribution in [1.82, 2.24) is 4.98 Å². The number of nitrogens with two attached hydrogens (primary N) is 1. The molecule has 1 aromatic carbocycles. The van der Waals surface area contributed by atoms with Crippen molar-refractivity contribution in [3.05, 3.63) is 68.6 Å². The van der Waals surface area contributed by atoms with Crippen molar-refractivity contribution in [1.29, 1.82) is 0 Å². The van der Waals surface area contributed by atoms with E-state index in [9.17, 15) is 22.8 Å². The third-order valence-electron chi connectivity index (χ3n) is 4.69. The zero-order valence-corrected chi connectivity index (χ0v) is 16.6. The topological polar surface area (TPSA) is 85.2 Å². The first-order chi connectivity index (χ1) is 14.1. The third kappa shape index (κ3) is 5.89. The Hall–Kier alpha value is -2.74. The number of hydrogen-bond acceptors (Lipinski definition) is 3. The number of amides is 1. The number of hydrogen-bond donors (Lipinski definition) is 2. The van der Waals surface area contributed by atoms with Crippen molar-refractivity contribution in [3.8, 4) is 5.75 Å². The number of aromatic nitrogens is 1. The Labute approximate surface area is 175 Å². The Morgan fingerprint density at radius 2 is 2.00 bits per heavy atom. The Balaban J connectivity index is 1.94. The predicted octanol–water partition coefficient (Wildman–Crippen LogP) is 4.89. The van der Waals surface area contributed by atoms with Gasteiger partial charge in [0.1, 0.15) is 5.75 Å². The van der Waals surface area contributed by atoms with Gasteiger partial charge in [-0.05, 0) is 55.4 Å². The van der Waals surface area contributed by atoms with Crippen LogP contribution in [0.15, 0.2) is 41.2 Å². The highest BCUT2D eigenvalue weighted by Crippen LogP contribution is 2.39. The lowest BCUT2D eigenvalue weighted by Gasteiger charge is -2.14. The van der Waals surface area contributed by atoms with Gasteiger partial charge >= 0.3 is 6.36 Å². The molecule has 30 heavy (non-hydrogen) atoms. The fourth-order valence-corrected chi connectivity index (χ4v) is 3.36. The lowest BCUT2D eigenvalue weighted by molar-refractivity contribution is -0.274. The summed E-state index contributed by atoms with van der Waals surface area (Å²) in [7, 11) is 0. The van der Waals surface area contributed by atoms with Gasteiger partial charge in [-0.1, -0.05) is 29.8 Å². The summed E-state index contributed by atoms with van der Waals surface area (Å²) in [5, 5.41) is -0.218. The SMILES string of the molecule is NC(=O)CCC/C=C(\c1ccc(OC(F)(F)F)c(Cl)c1)c1ccc(C2CC2)c(=O)[nH]1. The number of ether oxygens (including phenoxy) is 1. The summed E-state index contributed by atoms with van der Waals surface area (Å²) in [4.78, 5) is 26.3. The van der Waals surface area contributed by atoms with Crippen LogP contribution in [-0.2, 0) is 4.79 Å². The molecule has 160 valence electrons. The van der Waals surface area contributed by atoms with Crippen LogP contribution >= 0.6 is 11.6 Å². The van der Waals surface area contributed by atoms with Gasteiger partial charge in [-0.3, -0.25) is 9.59 Å². The zero-order chi connectivity index (χ0) is 21.9. The zero-order valence-electron chi connectivity index (χ0n) is 15.9. The van der Waals surface area contributed by atoms with Gasteiger partial charge in [0.25, 0.3) is 5.56 Å². The Kier molecular flexibility index (Phi) is 6.55. The second-order valence-electron chi connectivity index (χ2n) is 7.10. The van der Waals surface area contributed by atoms with E-state index in [4.69, 9.17) is 17.3 Å². The molecule has 9 heteroatoms. The molecule has 0 atom stereocenters. The van der Waals surface area contributed by atoms with Crippen molar-refractivity contribution in [3.63, 3.8) is 0 Å². The number of H-pyrrole nitrogens is 1. The van der Waals surface area contributed by atoms with E-state index in [0.717, 1.165) is 24.5 Å². The summed E-state index contributed by atoms with van der Waals surface area (Å²) < 4.78 is 41.4. The Morgan fingerprint density at radius 1 is 1.27 bits per heavy atom. The van der Waals surface area contributed by atoms with Gasteiger partial charge in [0.2, 0.25) is 5.91 Å². The minimum atomic E-state index is -4.86. The number of rotatable bonds is 8. The van der Waals surface area contributed by atoms with E-state index in [0.29, 0.717) is 29.7 Å². The number of aromatic amines is 1. The monoisotopic (exact) mass is 440 g/mol. The number of pyridine rings is 1. The summed E-state index contributed by atoms with van der Waals surface area (Å²) in [6.45, 7) is 0. The van der Waals surface area contributed by atoms with Gasteiger partial charge in [0.05, 0.1) is 5.02 Å². The van der Waals surface area contributed by atoms with E-state index in [-0.39, 0.29) is 22.9 Å². The van der Waals surface area contributed by atoms with Crippen LogP contribution in [0.2, 0.25) is 5.02 Å². The molecule has 1 heterocycles. The molecule has 0 aliphatic heterocycles. The van der Waals surface area contributed by atoms with E-state index in [1.807, 2.05) is 0 Å². The summed E-state index contributed by atoms with van der Waals surface area (Å²) in [5.41, 5.74) is 7.28. The van der Waals surface area contributed by atoms with Crippen molar-refractivity contribution in [2.24, 2.45) is 5.73 Å². The van der Waals surface area contributed by atoms with E-state index < -0.39 is 18.0 Å². The predicted molar refractivity (Wildman–Crippen MR) is 107 cm³/mol. The number of primary amides is 1. The lowest BCUT2D eigenvalue weighted by atomic mass is 9.99. The number of nitrogens with one attached hydrogen (secondary N) is 1. The smallest absolute Gasteiger partial charge is 0.404 e. The van der Waals surface area contributed by atoms with Crippen LogP contribution in [0.4, 0.5) is 13.2 Å². The molecule has 3 rings (SSSR count). The van der Waals surface area contributed by atoms with Crippen LogP contribution in [-0.4, -0.2) is 17.3 Å². The molecule has 1 saturated carbocycles. The van der Waals surface area contributed by atoms with E-state index in [2.05, 4.69) is 9.72 Å². The van der Waals surface area contributed by atoms with Crippen LogP contribution in [0, 0.1) is 0 Å². The summed E-state index contributed by atoms with van der Waals surface area (Å²) in [5.74, 6) is -0.665. The third-order valence-corrected chi connectivity index (χ3v) is 4.99. The summed E-state index contributed by atoms with van der Waals surface area (Å²) >= 11 is 5.99. The molecule has 1 aliphatic rings. The first-order valence-corrected chi connectivity index (χ1v) is 9.79. The van der Waals surface area contributed by atoms with E-state index >= 15 is 0 Å². The largest absolute Gasteiger partial charge is 0.573 e. The Bertz CT molecular complexity index is 1030. The van der Waals surface area contributed by atoms with Crippen LogP contribution < -0.4 is 16.0 Å². The molecular weight excluding hydrogens is 421 g/mol. The summed E-state index contributed by atoms with van der Waals surface area (Å²) in [6.07, 6.45) is 0.0574. The molecule has 2 aromatic rings. The van der Waals surface area contributed by atoms with Crippen molar-refractivity contribution in [2.75, 3.05) is 0 Å². The minimum Gasteiger partial charge on any atom is -0.404 e. The molecule has 1 aliphatic carbocycles. The van der Waals surface area contributed by atoms with Crippen molar-refractivity contribution < 1.29 is 22.7 Å². The highest BCUT2D eigenvalue weighted by Gasteiger charge is 2.32. The lowest BCUT2D eigenvalue weighted by Crippen LogP contribution is -2.17. The maximum absolute atomic E-state index is 12.5. The molecular formula is C21H20ClF3N2O3. The fraction of sp³-hybridized carbons (Fsp3) is 0.333. The fourth-order valence-electron chi connectivity index (χ4n) is 3.14. The van der Waals surface area contributed by atoms with Crippen molar-refractivity contribution in [2.45, 2.75) is 44.4 Å². The molecule has 0 saturated heterocycles. The molecule has 3 N–H and O–H groups in total. The number of unbranched alkanes of at least 4 members (excludes halogenated alkanes) is 1. The number of benzene rings is 1. The Morgan fingerprint density at radius 3 is 2.57 bits per heavy atom. The molecule has 5 nitrogen and oxygen atoms in total. The number of carbonyl (C=O) groups is 1. The standard InChI is InChI=1S/C21H20ClF3N2O3/c22-16-11-13(7-10-18(16)30-21(23,24)25)14(3-1-2-4-19(26)28)17-9-8-15(12-5-6-12)20(29)27-17/h3,7-12H,1-2,4-6H2,(H2,26,28)(H,27,29)/b14-3+. The maximum atomic E-state index is 12.5. The quantitative estimate of drug-likeness (QED) is 0.573. The first kappa shape index (κ1) is 22.0.